The second-order valence-electron chi connectivity index (χ2n) is 6.02. The molecular formula is C19H21N5O2. The van der Waals surface area contributed by atoms with Crippen molar-refractivity contribution >= 4 is 5.91 Å². The van der Waals surface area contributed by atoms with Crippen molar-refractivity contribution in [2.24, 2.45) is 0 Å². The summed E-state index contributed by atoms with van der Waals surface area (Å²) in [6.07, 6.45) is 3.49. The summed E-state index contributed by atoms with van der Waals surface area (Å²) in [5, 5.41) is 11.0. The lowest BCUT2D eigenvalue weighted by Crippen LogP contribution is -2.27. The van der Waals surface area contributed by atoms with Crippen LogP contribution in [-0.2, 0) is 29.2 Å². The minimum atomic E-state index is -0.121. The molecule has 0 bridgehead atoms. The number of benzene rings is 1. The molecule has 7 heteroatoms. The Morgan fingerprint density at radius 3 is 2.88 bits per heavy atom. The zero-order valence-corrected chi connectivity index (χ0v) is 14.8. The number of nitrogens with zero attached hydrogens (tertiary/aromatic N) is 4. The fourth-order valence-electron chi connectivity index (χ4n) is 2.61. The monoisotopic (exact) mass is 351 g/mol. The van der Waals surface area contributed by atoms with Crippen molar-refractivity contribution in [2.45, 2.75) is 26.6 Å². The summed E-state index contributed by atoms with van der Waals surface area (Å²) < 4.78 is 6.65. The number of rotatable bonds is 7. The SMILES string of the molecule is COCc1cccc(CNC(=O)Cn2cc(-c3ccnc(C)c3)nn2)c1. The largest absolute Gasteiger partial charge is 0.380 e. The van der Waals surface area contributed by atoms with Gasteiger partial charge in [-0.05, 0) is 30.2 Å². The number of pyridine rings is 1. The quantitative estimate of drug-likeness (QED) is 0.705. The first-order chi connectivity index (χ1) is 12.6. The number of ether oxygens (including phenoxy) is 1. The van der Waals surface area contributed by atoms with E-state index in [1.54, 1.807) is 19.5 Å². The van der Waals surface area contributed by atoms with E-state index in [4.69, 9.17) is 4.74 Å². The highest BCUT2D eigenvalue weighted by molar-refractivity contribution is 5.75. The number of hydrogen-bond acceptors (Lipinski definition) is 5. The molecule has 0 radical (unpaired) electrons. The first kappa shape index (κ1) is 17.8. The van der Waals surface area contributed by atoms with E-state index in [0.717, 1.165) is 28.1 Å². The lowest BCUT2D eigenvalue weighted by Gasteiger charge is -2.07. The Kier molecular flexibility index (Phi) is 5.70. The number of aromatic nitrogens is 4. The van der Waals surface area contributed by atoms with E-state index in [1.807, 2.05) is 43.3 Å². The molecule has 0 aliphatic heterocycles. The van der Waals surface area contributed by atoms with E-state index in [2.05, 4.69) is 20.6 Å². The van der Waals surface area contributed by atoms with E-state index in [9.17, 15) is 4.79 Å². The highest BCUT2D eigenvalue weighted by Crippen LogP contribution is 2.15. The molecule has 0 aliphatic carbocycles. The van der Waals surface area contributed by atoms with E-state index < -0.39 is 0 Å². The van der Waals surface area contributed by atoms with Gasteiger partial charge in [-0.15, -0.1) is 5.10 Å². The lowest BCUT2D eigenvalue weighted by molar-refractivity contribution is -0.122. The molecule has 1 aromatic carbocycles. The second-order valence-corrected chi connectivity index (χ2v) is 6.02. The summed E-state index contributed by atoms with van der Waals surface area (Å²) in [6, 6.07) is 11.7. The van der Waals surface area contributed by atoms with Crippen LogP contribution in [0.25, 0.3) is 11.3 Å². The van der Waals surface area contributed by atoms with Crippen LogP contribution in [0.2, 0.25) is 0 Å². The van der Waals surface area contributed by atoms with Gasteiger partial charge in [0, 0.05) is 31.1 Å². The Morgan fingerprint density at radius 1 is 1.23 bits per heavy atom. The fourth-order valence-corrected chi connectivity index (χ4v) is 2.61. The normalized spacial score (nSPS) is 10.7. The third-order valence-electron chi connectivity index (χ3n) is 3.83. The predicted octanol–water partition coefficient (Wildman–Crippen LogP) is 2.11. The van der Waals surface area contributed by atoms with Crippen molar-refractivity contribution < 1.29 is 9.53 Å². The van der Waals surface area contributed by atoms with Gasteiger partial charge in [0.25, 0.3) is 0 Å². The Morgan fingerprint density at radius 2 is 2.08 bits per heavy atom. The van der Waals surface area contributed by atoms with Crippen molar-refractivity contribution in [1.82, 2.24) is 25.3 Å². The van der Waals surface area contributed by atoms with E-state index >= 15 is 0 Å². The maximum atomic E-state index is 12.2. The summed E-state index contributed by atoms with van der Waals surface area (Å²) in [5.74, 6) is -0.121. The average Bonchev–Trinajstić information content (AvgIpc) is 3.09. The van der Waals surface area contributed by atoms with Gasteiger partial charge in [-0.2, -0.15) is 0 Å². The summed E-state index contributed by atoms with van der Waals surface area (Å²) in [4.78, 5) is 16.3. The van der Waals surface area contributed by atoms with Crippen LogP contribution in [-0.4, -0.2) is 33.0 Å². The van der Waals surface area contributed by atoms with Gasteiger partial charge < -0.3 is 10.1 Å². The van der Waals surface area contributed by atoms with Crippen LogP contribution in [0.3, 0.4) is 0 Å². The third kappa shape index (κ3) is 4.73. The smallest absolute Gasteiger partial charge is 0.242 e. The minimum absolute atomic E-state index is 0.120. The molecule has 3 rings (SSSR count). The van der Waals surface area contributed by atoms with Crippen LogP contribution in [0, 0.1) is 6.92 Å². The summed E-state index contributed by atoms with van der Waals surface area (Å²) in [5.41, 5.74) is 4.66. The fraction of sp³-hybridized carbons (Fsp3) is 0.263. The van der Waals surface area contributed by atoms with Crippen molar-refractivity contribution in [3.05, 3.63) is 65.6 Å². The van der Waals surface area contributed by atoms with Crippen molar-refractivity contribution in [1.29, 1.82) is 0 Å². The Bertz CT molecular complexity index is 891. The molecule has 7 nitrogen and oxygen atoms in total. The molecule has 3 aromatic rings. The van der Waals surface area contributed by atoms with Gasteiger partial charge in [-0.1, -0.05) is 29.5 Å². The molecule has 134 valence electrons. The van der Waals surface area contributed by atoms with Crippen LogP contribution >= 0.6 is 0 Å². The molecule has 26 heavy (non-hydrogen) atoms. The van der Waals surface area contributed by atoms with Crippen LogP contribution in [0.15, 0.2) is 48.8 Å². The first-order valence-corrected chi connectivity index (χ1v) is 8.30. The zero-order valence-electron chi connectivity index (χ0n) is 14.8. The molecule has 0 saturated carbocycles. The maximum absolute atomic E-state index is 12.2. The Balaban J connectivity index is 1.56. The molecule has 0 saturated heterocycles. The van der Waals surface area contributed by atoms with Crippen LogP contribution < -0.4 is 5.32 Å². The van der Waals surface area contributed by atoms with E-state index in [1.165, 1.54) is 4.68 Å². The summed E-state index contributed by atoms with van der Waals surface area (Å²) >= 11 is 0. The molecule has 2 aromatic heterocycles. The maximum Gasteiger partial charge on any atom is 0.242 e. The van der Waals surface area contributed by atoms with Crippen molar-refractivity contribution in [2.75, 3.05) is 7.11 Å². The van der Waals surface area contributed by atoms with Crippen molar-refractivity contribution in [3.63, 3.8) is 0 Å². The topological polar surface area (TPSA) is 81.9 Å². The summed E-state index contributed by atoms with van der Waals surface area (Å²) in [6.45, 7) is 3.05. The molecule has 0 aliphatic rings. The molecule has 0 spiro atoms. The Labute approximate surface area is 152 Å². The van der Waals surface area contributed by atoms with Gasteiger partial charge in [-0.3, -0.25) is 9.78 Å². The van der Waals surface area contributed by atoms with Crippen LogP contribution in [0.5, 0.6) is 0 Å². The van der Waals surface area contributed by atoms with Crippen LogP contribution in [0.1, 0.15) is 16.8 Å². The van der Waals surface area contributed by atoms with E-state index in [-0.39, 0.29) is 12.5 Å². The molecular weight excluding hydrogens is 330 g/mol. The minimum Gasteiger partial charge on any atom is -0.380 e. The highest BCUT2D eigenvalue weighted by atomic mass is 16.5. The molecule has 0 unspecified atom stereocenters. The van der Waals surface area contributed by atoms with Gasteiger partial charge in [-0.25, -0.2) is 4.68 Å². The second kappa shape index (κ2) is 8.35. The standard InChI is InChI=1S/C19H21N5O2/c1-14-8-17(6-7-20-14)18-11-24(23-22-18)12-19(25)21-10-15-4-3-5-16(9-15)13-26-2/h3-9,11H,10,12-13H2,1-2H3,(H,21,25). The van der Waals surface area contributed by atoms with Gasteiger partial charge in [0.1, 0.15) is 12.2 Å². The number of nitrogens with one attached hydrogen (secondary N) is 1. The van der Waals surface area contributed by atoms with Gasteiger partial charge in [0.05, 0.1) is 12.8 Å². The average molecular weight is 351 g/mol. The molecule has 1 amide bonds. The van der Waals surface area contributed by atoms with Crippen LogP contribution in [0.4, 0.5) is 0 Å². The van der Waals surface area contributed by atoms with Gasteiger partial charge in [0.15, 0.2) is 0 Å². The Hall–Kier alpha value is -3.06. The number of aryl methyl sites for hydroxylation is 1. The number of amides is 1. The third-order valence-corrected chi connectivity index (χ3v) is 3.83. The molecule has 2 heterocycles. The highest BCUT2D eigenvalue weighted by Gasteiger charge is 2.08. The number of carbonyl (C=O) groups excluding carboxylic acids is 1. The zero-order chi connectivity index (χ0) is 18.4. The van der Waals surface area contributed by atoms with Gasteiger partial charge >= 0.3 is 0 Å². The number of methoxy groups -OCH3 is 1. The number of carbonyl (C=O) groups is 1. The first-order valence-electron chi connectivity index (χ1n) is 8.30. The number of hydrogen-bond donors (Lipinski definition) is 1. The molecule has 0 atom stereocenters. The predicted molar refractivity (Wildman–Crippen MR) is 97.0 cm³/mol. The molecule has 1 N–H and O–H groups in total. The lowest BCUT2D eigenvalue weighted by atomic mass is 10.1. The van der Waals surface area contributed by atoms with Crippen molar-refractivity contribution in [3.8, 4) is 11.3 Å². The molecule has 0 fully saturated rings. The summed E-state index contributed by atoms with van der Waals surface area (Å²) in [7, 11) is 1.66. The van der Waals surface area contributed by atoms with E-state index in [0.29, 0.717) is 13.2 Å². The van der Waals surface area contributed by atoms with Gasteiger partial charge in [0.2, 0.25) is 5.91 Å².